The Labute approximate surface area is 134 Å². The van der Waals surface area contributed by atoms with Crippen LogP contribution >= 0.6 is 0 Å². The highest BCUT2D eigenvalue weighted by Crippen LogP contribution is 2.41. The zero-order valence-electron chi connectivity index (χ0n) is 14.3. The van der Waals surface area contributed by atoms with Crippen molar-refractivity contribution in [1.29, 1.82) is 0 Å². The zero-order valence-corrected chi connectivity index (χ0v) is 14.3. The Kier molecular flexibility index (Phi) is 5.43. The Morgan fingerprint density at radius 1 is 0.818 bits per heavy atom. The highest BCUT2D eigenvalue weighted by Gasteiger charge is 2.35. The number of hydrogen-bond acceptors (Lipinski definition) is 4. The smallest absolute Gasteiger partial charge is 0.104 e. The number of rotatable bonds is 8. The molecule has 0 amide bonds. The summed E-state index contributed by atoms with van der Waals surface area (Å²) >= 11 is 0. The lowest BCUT2D eigenvalue weighted by Gasteiger charge is -2.38. The standard InChI is InChI=1S/C18H32O4/c1-17(2)5-3-7-18(8-4-6-17,13-19-9-15-11-21-15)14-20-10-16-12-22-16/h15-16H,3-14H2,1-2H3. The third kappa shape index (κ3) is 5.48. The zero-order chi connectivity index (χ0) is 15.5. The molecular formula is C18H32O4. The first kappa shape index (κ1) is 16.7. The summed E-state index contributed by atoms with van der Waals surface area (Å²) in [5, 5.41) is 0. The van der Waals surface area contributed by atoms with Crippen molar-refractivity contribution in [3.8, 4) is 0 Å². The van der Waals surface area contributed by atoms with Crippen LogP contribution in [0.25, 0.3) is 0 Å². The van der Waals surface area contributed by atoms with Gasteiger partial charge in [-0.1, -0.05) is 26.7 Å². The molecule has 0 bridgehead atoms. The fourth-order valence-corrected chi connectivity index (χ4v) is 3.61. The minimum atomic E-state index is 0.195. The molecule has 1 saturated carbocycles. The van der Waals surface area contributed by atoms with Crippen LogP contribution in [-0.2, 0) is 18.9 Å². The van der Waals surface area contributed by atoms with Crippen molar-refractivity contribution in [1.82, 2.24) is 0 Å². The largest absolute Gasteiger partial charge is 0.378 e. The molecule has 0 radical (unpaired) electrons. The molecule has 0 N–H and O–H groups in total. The summed E-state index contributed by atoms with van der Waals surface area (Å²) in [6, 6.07) is 0. The molecule has 22 heavy (non-hydrogen) atoms. The molecule has 4 heteroatoms. The van der Waals surface area contributed by atoms with Gasteiger partial charge in [0.05, 0.1) is 39.6 Å². The molecule has 0 spiro atoms. The van der Waals surface area contributed by atoms with Crippen molar-refractivity contribution in [3.63, 3.8) is 0 Å². The van der Waals surface area contributed by atoms with E-state index in [1.807, 2.05) is 0 Å². The Morgan fingerprint density at radius 2 is 1.27 bits per heavy atom. The summed E-state index contributed by atoms with van der Waals surface area (Å²) in [4.78, 5) is 0. The van der Waals surface area contributed by atoms with Crippen molar-refractivity contribution >= 4 is 0 Å². The molecule has 0 aromatic carbocycles. The van der Waals surface area contributed by atoms with E-state index in [0.29, 0.717) is 17.6 Å². The highest BCUT2D eigenvalue weighted by molar-refractivity contribution is 4.85. The van der Waals surface area contributed by atoms with E-state index in [4.69, 9.17) is 18.9 Å². The Hall–Kier alpha value is -0.160. The van der Waals surface area contributed by atoms with E-state index in [2.05, 4.69) is 13.8 Å². The molecule has 2 atom stereocenters. The number of epoxide rings is 2. The van der Waals surface area contributed by atoms with Gasteiger partial charge in [0.15, 0.2) is 0 Å². The predicted molar refractivity (Wildman–Crippen MR) is 85.0 cm³/mol. The van der Waals surface area contributed by atoms with Crippen molar-refractivity contribution in [2.24, 2.45) is 10.8 Å². The van der Waals surface area contributed by atoms with Gasteiger partial charge in [0.2, 0.25) is 0 Å². The molecular weight excluding hydrogens is 280 g/mol. The second-order valence-corrected chi connectivity index (χ2v) is 8.31. The number of ether oxygens (including phenoxy) is 4. The van der Waals surface area contributed by atoms with Gasteiger partial charge in [0.1, 0.15) is 12.2 Å². The minimum Gasteiger partial charge on any atom is -0.378 e. The SMILES string of the molecule is CC1(C)CCCC(COCC2CO2)(COCC2CO2)CCC1. The molecule has 2 aliphatic heterocycles. The lowest BCUT2D eigenvalue weighted by Crippen LogP contribution is -2.35. The van der Waals surface area contributed by atoms with Gasteiger partial charge in [-0.25, -0.2) is 0 Å². The van der Waals surface area contributed by atoms with Crippen LogP contribution in [0.1, 0.15) is 52.4 Å². The van der Waals surface area contributed by atoms with Crippen LogP contribution in [0.15, 0.2) is 0 Å². The summed E-state index contributed by atoms with van der Waals surface area (Å²) in [5.74, 6) is 0. The van der Waals surface area contributed by atoms with Crippen LogP contribution in [0.5, 0.6) is 0 Å². The van der Waals surface area contributed by atoms with Crippen molar-refractivity contribution in [2.45, 2.75) is 64.6 Å². The summed E-state index contributed by atoms with van der Waals surface area (Å²) in [7, 11) is 0. The average Bonchev–Trinajstić information content (AvgIpc) is 3.31. The molecule has 0 aromatic heterocycles. The first-order valence-corrected chi connectivity index (χ1v) is 8.96. The molecule has 2 unspecified atom stereocenters. The third-order valence-electron chi connectivity index (χ3n) is 5.35. The van der Waals surface area contributed by atoms with E-state index in [1.165, 1.54) is 38.5 Å². The van der Waals surface area contributed by atoms with E-state index in [1.54, 1.807) is 0 Å². The normalized spacial score (nSPS) is 33.0. The second-order valence-electron chi connectivity index (χ2n) is 8.31. The highest BCUT2D eigenvalue weighted by atomic mass is 16.6. The van der Waals surface area contributed by atoms with E-state index >= 15 is 0 Å². The minimum absolute atomic E-state index is 0.195. The fourth-order valence-electron chi connectivity index (χ4n) is 3.61. The van der Waals surface area contributed by atoms with Crippen LogP contribution in [0, 0.1) is 10.8 Å². The van der Waals surface area contributed by atoms with Crippen molar-refractivity contribution < 1.29 is 18.9 Å². The maximum atomic E-state index is 5.99. The summed E-state index contributed by atoms with van der Waals surface area (Å²) in [5.41, 5.74) is 0.692. The lowest BCUT2D eigenvalue weighted by atomic mass is 9.71. The first-order chi connectivity index (χ1) is 10.6. The van der Waals surface area contributed by atoms with E-state index in [-0.39, 0.29) is 5.41 Å². The molecule has 2 saturated heterocycles. The van der Waals surface area contributed by atoms with E-state index in [0.717, 1.165) is 39.6 Å². The van der Waals surface area contributed by atoms with Gasteiger partial charge >= 0.3 is 0 Å². The topological polar surface area (TPSA) is 43.5 Å². The third-order valence-corrected chi connectivity index (χ3v) is 5.35. The Balaban J connectivity index is 1.50. The van der Waals surface area contributed by atoms with E-state index in [9.17, 15) is 0 Å². The molecule has 3 rings (SSSR count). The molecule has 1 aliphatic carbocycles. The second kappa shape index (κ2) is 7.16. The fraction of sp³-hybridized carbons (Fsp3) is 1.00. The molecule has 4 nitrogen and oxygen atoms in total. The van der Waals surface area contributed by atoms with Crippen molar-refractivity contribution in [2.75, 3.05) is 39.6 Å². The van der Waals surface area contributed by atoms with Gasteiger partial charge in [-0.05, 0) is 31.1 Å². The molecule has 2 heterocycles. The molecule has 128 valence electrons. The van der Waals surface area contributed by atoms with Crippen LogP contribution in [0.3, 0.4) is 0 Å². The first-order valence-electron chi connectivity index (χ1n) is 8.96. The van der Waals surface area contributed by atoms with Crippen LogP contribution in [0.4, 0.5) is 0 Å². The van der Waals surface area contributed by atoms with Gasteiger partial charge in [-0.3, -0.25) is 0 Å². The van der Waals surface area contributed by atoms with Gasteiger partial charge in [0, 0.05) is 5.41 Å². The average molecular weight is 312 g/mol. The van der Waals surface area contributed by atoms with Crippen LogP contribution in [0.2, 0.25) is 0 Å². The van der Waals surface area contributed by atoms with Gasteiger partial charge in [-0.2, -0.15) is 0 Å². The summed E-state index contributed by atoms with van der Waals surface area (Å²) in [6.45, 7) is 9.69. The molecule has 0 aromatic rings. The van der Waals surface area contributed by atoms with Gasteiger partial charge < -0.3 is 18.9 Å². The Bertz CT molecular complexity index is 307. The maximum Gasteiger partial charge on any atom is 0.104 e. The van der Waals surface area contributed by atoms with Gasteiger partial charge in [0.25, 0.3) is 0 Å². The maximum absolute atomic E-state index is 5.99. The molecule has 3 fully saturated rings. The Morgan fingerprint density at radius 3 is 1.68 bits per heavy atom. The van der Waals surface area contributed by atoms with E-state index < -0.39 is 0 Å². The molecule has 3 aliphatic rings. The predicted octanol–water partition coefficient (Wildman–Crippen LogP) is 3.18. The summed E-state index contributed by atoms with van der Waals surface area (Å²) < 4.78 is 22.5. The number of hydrogen-bond donors (Lipinski definition) is 0. The van der Waals surface area contributed by atoms with Gasteiger partial charge in [-0.15, -0.1) is 0 Å². The van der Waals surface area contributed by atoms with Crippen LogP contribution < -0.4 is 0 Å². The van der Waals surface area contributed by atoms with Crippen molar-refractivity contribution in [3.05, 3.63) is 0 Å². The quantitative estimate of drug-likeness (QED) is 0.646. The monoisotopic (exact) mass is 312 g/mol. The lowest BCUT2D eigenvalue weighted by molar-refractivity contribution is -0.0454. The van der Waals surface area contributed by atoms with Crippen LogP contribution in [-0.4, -0.2) is 51.8 Å². The summed E-state index contributed by atoms with van der Waals surface area (Å²) in [6.07, 6.45) is 8.31.